The zero-order valence-electron chi connectivity index (χ0n) is 10.1. The summed E-state index contributed by atoms with van der Waals surface area (Å²) in [5.74, 6) is -1.53. The van der Waals surface area contributed by atoms with Crippen molar-refractivity contribution >= 4 is 0 Å². The zero-order chi connectivity index (χ0) is 12.2. The quantitative estimate of drug-likeness (QED) is 0.810. The molecule has 1 nitrogen and oxygen atoms in total. The lowest BCUT2D eigenvalue weighted by molar-refractivity contribution is 0.352. The highest BCUT2D eigenvalue weighted by Crippen LogP contribution is 2.15. The van der Waals surface area contributed by atoms with Crippen LogP contribution in [0.5, 0.6) is 0 Å². The van der Waals surface area contributed by atoms with E-state index < -0.39 is 11.6 Å². The molecule has 0 aliphatic carbocycles. The first-order valence-electron chi connectivity index (χ1n) is 5.64. The lowest BCUT2D eigenvalue weighted by Gasteiger charge is -2.26. The minimum atomic E-state index is -0.785. The van der Waals surface area contributed by atoms with Crippen LogP contribution >= 0.6 is 0 Å². The Morgan fingerprint density at radius 1 is 1.25 bits per heavy atom. The standard InChI is InChI=1S/C13H19F2N/c1-4-8-13(2,3)16-9-10-6-5-7-11(14)12(10)15/h5-7,16H,4,8-9H2,1-3H3. The van der Waals surface area contributed by atoms with Crippen LogP contribution in [0.2, 0.25) is 0 Å². The van der Waals surface area contributed by atoms with E-state index in [0.29, 0.717) is 12.1 Å². The second-order valence-electron chi connectivity index (χ2n) is 4.70. The van der Waals surface area contributed by atoms with E-state index in [9.17, 15) is 8.78 Å². The minimum absolute atomic E-state index is 0.0481. The molecule has 0 aromatic heterocycles. The predicted octanol–water partition coefficient (Wildman–Crippen LogP) is 3.63. The van der Waals surface area contributed by atoms with E-state index in [1.54, 1.807) is 6.07 Å². The number of nitrogens with one attached hydrogen (secondary N) is 1. The van der Waals surface area contributed by atoms with Gasteiger partial charge in [-0.2, -0.15) is 0 Å². The Kier molecular flexibility index (Phi) is 4.42. The predicted molar refractivity (Wildman–Crippen MR) is 62.2 cm³/mol. The van der Waals surface area contributed by atoms with E-state index in [2.05, 4.69) is 26.1 Å². The van der Waals surface area contributed by atoms with Crippen LogP contribution in [0.15, 0.2) is 18.2 Å². The highest BCUT2D eigenvalue weighted by atomic mass is 19.2. The molecule has 0 radical (unpaired) electrons. The van der Waals surface area contributed by atoms with Crippen LogP contribution in [0.25, 0.3) is 0 Å². The average molecular weight is 227 g/mol. The van der Waals surface area contributed by atoms with Crippen LogP contribution in [-0.2, 0) is 6.54 Å². The van der Waals surface area contributed by atoms with Crippen molar-refractivity contribution in [2.75, 3.05) is 0 Å². The molecule has 0 aliphatic rings. The minimum Gasteiger partial charge on any atom is -0.308 e. The summed E-state index contributed by atoms with van der Waals surface area (Å²) in [5, 5.41) is 3.24. The van der Waals surface area contributed by atoms with E-state index in [1.165, 1.54) is 6.07 Å². The molecule has 0 saturated heterocycles. The van der Waals surface area contributed by atoms with Gasteiger partial charge in [-0.3, -0.25) is 0 Å². The van der Waals surface area contributed by atoms with Crippen molar-refractivity contribution in [3.8, 4) is 0 Å². The fourth-order valence-corrected chi connectivity index (χ4v) is 1.73. The van der Waals surface area contributed by atoms with Crippen molar-refractivity contribution in [2.24, 2.45) is 0 Å². The van der Waals surface area contributed by atoms with Gasteiger partial charge < -0.3 is 5.32 Å². The first-order chi connectivity index (χ1) is 7.46. The Morgan fingerprint density at radius 2 is 1.94 bits per heavy atom. The molecule has 16 heavy (non-hydrogen) atoms. The molecular weight excluding hydrogens is 208 g/mol. The molecule has 3 heteroatoms. The monoisotopic (exact) mass is 227 g/mol. The van der Waals surface area contributed by atoms with Crippen LogP contribution in [0, 0.1) is 11.6 Å². The number of hydrogen-bond donors (Lipinski definition) is 1. The lowest BCUT2D eigenvalue weighted by Crippen LogP contribution is -2.38. The van der Waals surface area contributed by atoms with Gasteiger partial charge in [0.2, 0.25) is 0 Å². The van der Waals surface area contributed by atoms with Gasteiger partial charge in [0.15, 0.2) is 11.6 Å². The Hall–Kier alpha value is -0.960. The molecule has 0 fully saturated rings. The summed E-state index contributed by atoms with van der Waals surface area (Å²) in [7, 11) is 0. The van der Waals surface area contributed by atoms with Gasteiger partial charge in [-0.25, -0.2) is 8.78 Å². The highest BCUT2D eigenvalue weighted by molar-refractivity contribution is 5.18. The molecule has 0 spiro atoms. The summed E-state index contributed by atoms with van der Waals surface area (Å²) in [6.45, 7) is 6.59. The number of rotatable bonds is 5. The fraction of sp³-hybridized carbons (Fsp3) is 0.538. The molecule has 1 aromatic rings. The molecule has 0 aliphatic heterocycles. The lowest BCUT2D eigenvalue weighted by atomic mass is 9.98. The summed E-state index contributed by atoms with van der Waals surface area (Å²) in [6, 6.07) is 4.27. The van der Waals surface area contributed by atoms with Gasteiger partial charge in [-0.05, 0) is 26.3 Å². The SMILES string of the molecule is CCCC(C)(C)NCc1cccc(F)c1F. The van der Waals surface area contributed by atoms with Gasteiger partial charge in [0.25, 0.3) is 0 Å². The summed E-state index contributed by atoms with van der Waals surface area (Å²) >= 11 is 0. The molecule has 0 bridgehead atoms. The zero-order valence-corrected chi connectivity index (χ0v) is 10.1. The van der Waals surface area contributed by atoms with Gasteiger partial charge in [0.1, 0.15) is 0 Å². The van der Waals surface area contributed by atoms with Crippen LogP contribution in [0.3, 0.4) is 0 Å². The first kappa shape index (κ1) is 13.1. The van der Waals surface area contributed by atoms with E-state index in [4.69, 9.17) is 0 Å². The Labute approximate surface area is 95.9 Å². The van der Waals surface area contributed by atoms with Crippen molar-refractivity contribution in [2.45, 2.75) is 45.7 Å². The van der Waals surface area contributed by atoms with Gasteiger partial charge in [-0.15, -0.1) is 0 Å². The largest absolute Gasteiger partial charge is 0.308 e. The molecule has 0 atom stereocenters. The molecule has 90 valence electrons. The third kappa shape index (κ3) is 3.56. The van der Waals surface area contributed by atoms with Crippen molar-refractivity contribution in [3.63, 3.8) is 0 Å². The van der Waals surface area contributed by atoms with Gasteiger partial charge >= 0.3 is 0 Å². The van der Waals surface area contributed by atoms with Gasteiger partial charge in [-0.1, -0.05) is 25.5 Å². The molecule has 0 saturated carbocycles. The highest BCUT2D eigenvalue weighted by Gasteiger charge is 2.16. The summed E-state index contributed by atoms with van der Waals surface area (Å²) in [5.41, 5.74) is 0.331. The smallest absolute Gasteiger partial charge is 0.163 e. The fourth-order valence-electron chi connectivity index (χ4n) is 1.73. The average Bonchev–Trinajstić information content (AvgIpc) is 2.20. The molecule has 0 amide bonds. The summed E-state index contributed by atoms with van der Waals surface area (Å²) in [6.07, 6.45) is 2.07. The topological polar surface area (TPSA) is 12.0 Å². The molecule has 1 aromatic carbocycles. The van der Waals surface area contributed by atoms with Crippen LogP contribution < -0.4 is 5.32 Å². The summed E-state index contributed by atoms with van der Waals surface area (Å²) < 4.78 is 26.3. The number of benzene rings is 1. The summed E-state index contributed by atoms with van der Waals surface area (Å²) in [4.78, 5) is 0. The van der Waals surface area contributed by atoms with Crippen LogP contribution in [0.1, 0.15) is 39.2 Å². The van der Waals surface area contributed by atoms with Crippen molar-refractivity contribution in [1.82, 2.24) is 5.32 Å². The Morgan fingerprint density at radius 3 is 2.56 bits per heavy atom. The van der Waals surface area contributed by atoms with Crippen molar-refractivity contribution in [1.29, 1.82) is 0 Å². The molecule has 0 heterocycles. The van der Waals surface area contributed by atoms with Crippen LogP contribution in [-0.4, -0.2) is 5.54 Å². The van der Waals surface area contributed by atoms with Gasteiger partial charge in [0, 0.05) is 17.6 Å². The van der Waals surface area contributed by atoms with Gasteiger partial charge in [0.05, 0.1) is 0 Å². The van der Waals surface area contributed by atoms with E-state index >= 15 is 0 Å². The number of halogens is 2. The second-order valence-corrected chi connectivity index (χ2v) is 4.70. The van der Waals surface area contributed by atoms with E-state index in [1.807, 2.05) is 0 Å². The molecular formula is C13H19F2N. The maximum atomic E-state index is 13.3. The molecule has 0 unspecified atom stereocenters. The third-order valence-electron chi connectivity index (χ3n) is 2.66. The van der Waals surface area contributed by atoms with Crippen molar-refractivity contribution in [3.05, 3.63) is 35.4 Å². The normalized spacial score (nSPS) is 11.8. The second kappa shape index (κ2) is 5.39. The van der Waals surface area contributed by atoms with E-state index in [-0.39, 0.29) is 5.54 Å². The Balaban J connectivity index is 2.64. The molecule has 1 rings (SSSR count). The first-order valence-corrected chi connectivity index (χ1v) is 5.64. The molecule has 1 N–H and O–H groups in total. The maximum Gasteiger partial charge on any atom is 0.163 e. The number of hydrogen-bond acceptors (Lipinski definition) is 1. The third-order valence-corrected chi connectivity index (χ3v) is 2.66. The van der Waals surface area contributed by atoms with E-state index in [0.717, 1.165) is 18.9 Å². The van der Waals surface area contributed by atoms with Crippen LogP contribution in [0.4, 0.5) is 8.78 Å². The van der Waals surface area contributed by atoms with Crippen molar-refractivity contribution < 1.29 is 8.78 Å². The maximum absolute atomic E-state index is 13.3. The Bertz CT molecular complexity index is 348.